The predicted molar refractivity (Wildman–Crippen MR) is 138 cm³/mol. The molecule has 6 heteroatoms. The van der Waals surface area contributed by atoms with Crippen molar-refractivity contribution in [2.24, 2.45) is 0 Å². The zero-order valence-electron chi connectivity index (χ0n) is 19.9. The van der Waals surface area contributed by atoms with Crippen LogP contribution in [0.2, 0.25) is 5.02 Å². The summed E-state index contributed by atoms with van der Waals surface area (Å²) >= 11 is 6.09. The molecule has 0 aliphatic rings. The van der Waals surface area contributed by atoms with Gasteiger partial charge in [-0.05, 0) is 81.1 Å². The van der Waals surface area contributed by atoms with Crippen molar-refractivity contribution in [3.63, 3.8) is 0 Å². The van der Waals surface area contributed by atoms with E-state index in [2.05, 4.69) is 16.0 Å². The fourth-order valence-electron chi connectivity index (χ4n) is 4.10. The van der Waals surface area contributed by atoms with Crippen molar-refractivity contribution in [3.05, 3.63) is 93.8 Å². The number of hydrogen-bond acceptors (Lipinski definition) is 3. The number of rotatable bonds is 9. The number of unbranched alkanes of at least 4 members (excludes halogenated alkanes) is 1. The number of carbonyl (C=O) groups is 1. The second-order valence-electron chi connectivity index (χ2n) is 8.64. The molecule has 3 aromatic carbocycles. The highest BCUT2D eigenvalue weighted by atomic mass is 35.5. The van der Waals surface area contributed by atoms with Gasteiger partial charge >= 0.3 is 0 Å². The molecule has 5 nitrogen and oxygen atoms in total. The lowest BCUT2D eigenvalue weighted by atomic mass is 10.1. The number of halogens is 1. The Bertz CT molecular complexity index is 1310. The summed E-state index contributed by atoms with van der Waals surface area (Å²) in [6.45, 7) is 7.77. The number of fused-ring (bicyclic) bond motifs is 1. The lowest BCUT2D eigenvalue weighted by Crippen LogP contribution is -2.25. The summed E-state index contributed by atoms with van der Waals surface area (Å²) < 4.78 is 8.08. The highest BCUT2D eigenvalue weighted by molar-refractivity contribution is 6.31. The highest BCUT2D eigenvalue weighted by Crippen LogP contribution is 2.22. The number of amides is 1. The number of para-hydroxylation sites is 2. The van der Waals surface area contributed by atoms with Crippen LogP contribution in [0, 0.1) is 20.8 Å². The lowest BCUT2D eigenvalue weighted by Gasteiger charge is -2.12. The number of ether oxygens (including phenoxy) is 1. The molecule has 4 rings (SSSR count). The van der Waals surface area contributed by atoms with Crippen molar-refractivity contribution in [1.82, 2.24) is 14.9 Å². The first-order valence-electron chi connectivity index (χ1n) is 11.6. The Morgan fingerprint density at radius 3 is 2.62 bits per heavy atom. The zero-order chi connectivity index (χ0) is 24.1. The van der Waals surface area contributed by atoms with E-state index in [0.29, 0.717) is 18.7 Å². The predicted octanol–water partition coefficient (Wildman–Crippen LogP) is 6.40. The number of aromatic nitrogens is 2. The van der Waals surface area contributed by atoms with Gasteiger partial charge in [-0.15, -0.1) is 0 Å². The smallest absolute Gasteiger partial charge is 0.251 e. The fraction of sp³-hybridized carbons (Fsp3) is 0.286. The quantitative estimate of drug-likeness (QED) is 0.285. The molecule has 0 saturated carbocycles. The van der Waals surface area contributed by atoms with E-state index in [4.69, 9.17) is 21.3 Å². The first kappa shape index (κ1) is 23.8. The van der Waals surface area contributed by atoms with E-state index in [1.807, 2.05) is 75.4 Å². The minimum atomic E-state index is -0.0808. The van der Waals surface area contributed by atoms with E-state index in [-0.39, 0.29) is 5.91 Å². The number of benzene rings is 3. The van der Waals surface area contributed by atoms with Crippen molar-refractivity contribution >= 4 is 28.5 Å². The van der Waals surface area contributed by atoms with Gasteiger partial charge in [0.2, 0.25) is 0 Å². The molecule has 0 fully saturated rings. The Kier molecular flexibility index (Phi) is 7.53. The van der Waals surface area contributed by atoms with Crippen LogP contribution in [0.25, 0.3) is 11.0 Å². The van der Waals surface area contributed by atoms with Crippen molar-refractivity contribution in [1.29, 1.82) is 0 Å². The van der Waals surface area contributed by atoms with Crippen molar-refractivity contribution in [2.75, 3.05) is 6.61 Å². The second-order valence-corrected chi connectivity index (χ2v) is 9.04. The van der Waals surface area contributed by atoms with E-state index in [1.165, 1.54) is 0 Å². The first-order chi connectivity index (χ1) is 16.4. The molecule has 1 heterocycles. The molecule has 0 spiro atoms. The maximum Gasteiger partial charge on any atom is 0.251 e. The number of imidazole rings is 1. The molecule has 176 valence electrons. The van der Waals surface area contributed by atoms with Crippen LogP contribution in [0.5, 0.6) is 5.75 Å². The summed E-state index contributed by atoms with van der Waals surface area (Å²) in [5, 5.41) is 3.80. The largest absolute Gasteiger partial charge is 0.494 e. The second kappa shape index (κ2) is 10.7. The Morgan fingerprint density at radius 1 is 1.00 bits per heavy atom. The van der Waals surface area contributed by atoms with Gasteiger partial charge in [-0.3, -0.25) is 4.79 Å². The van der Waals surface area contributed by atoms with Gasteiger partial charge in [-0.25, -0.2) is 4.98 Å². The average Bonchev–Trinajstić information content (AvgIpc) is 3.17. The van der Waals surface area contributed by atoms with E-state index in [9.17, 15) is 4.79 Å². The zero-order valence-corrected chi connectivity index (χ0v) is 20.7. The maximum absolute atomic E-state index is 12.8. The van der Waals surface area contributed by atoms with Gasteiger partial charge in [0, 0.05) is 17.1 Å². The van der Waals surface area contributed by atoms with Gasteiger partial charge in [0.05, 0.1) is 24.2 Å². The summed E-state index contributed by atoms with van der Waals surface area (Å²) in [5.41, 5.74) is 5.84. The van der Waals surface area contributed by atoms with E-state index in [1.54, 1.807) is 0 Å². The minimum absolute atomic E-state index is 0.0808. The molecule has 1 aromatic heterocycles. The van der Waals surface area contributed by atoms with Gasteiger partial charge in [-0.1, -0.05) is 41.4 Å². The van der Waals surface area contributed by atoms with E-state index in [0.717, 1.165) is 63.7 Å². The van der Waals surface area contributed by atoms with Crippen LogP contribution in [0.4, 0.5) is 0 Å². The first-order valence-corrected chi connectivity index (χ1v) is 12.0. The molecule has 1 N–H and O–H groups in total. The number of aryl methyl sites for hydroxylation is 4. The summed E-state index contributed by atoms with van der Waals surface area (Å²) in [4.78, 5) is 17.6. The highest BCUT2D eigenvalue weighted by Gasteiger charge is 2.13. The summed E-state index contributed by atoms with van der Waals surface area (Å²) in [7, 11) is 0. The Balaban J connectivity index is 1.38. The van der Waals surface area contributed by atoms with E-state index < -0.39 is 0 Å². The minimum Gasteiger partial charge on any atom is -0.494 e. The summed E-state index contributed by atoms with van der Waals surface area (Å²) in [6, 6.07) is 19.7. The van der Waals surface area contributed by atoms with Crippen LogP contribution in [0.1, 0.15) is 45.7 Å². The molecule has 0 aliphatic carbocycles. The number of hydrogen-bond donors (Lipinski definition) is 1. The van der Waals surface area contributed by atoms with Crippen LogP contribution in [0.15, 0.2) is 60.7 Å². The van der Waals surface area contributed by atoms with Crippen molar-refractivity contribution in [3.8, 4) is 5.75 Å². The van der Waals surface area contributed by atoms with Crippen LogP contribution >= 0.6 is 11.6 Å². The molecule has 0 unspecified atom stereocenters. The van der Waals surface area contributed by atoms with Gasteiger partial charge < -0.3 is 14.6 Å². The Morgan fingerprint density at radius 2 is 1.82 bits per heavy atom. The van der Waals surface area contributed by atoms with Crippen LogP contribution in [-0.4, -0.2) is 22.1 Å². The normalized spacial score (nSPS) is 11.1. The molecule has 4 aromatic rings. The maximum atomic E-state index is 12.8. The topological polar surface area (TPSA) is 56.2 Å². The van der Waals surface area contributed by atoms with Gasteiger partial charge in [0.15, 0.2) is 0 Å². The third-order valence-electron chi connectivity index (χ3n) is 5.94. The standard InChI is InChI=1S/C28H30ClN3O2/c1-19-10-12-23(20(2)16-19)28(33)30-18-27-31-25-8-4-5-9-26(25)32(27)14-6-7-15-34-22-11-13-24(29)21(3)17-22/h4-5,8-13,16-17H,6-7,14-15,18H2,1-3H3,(H,30,33). The van der Waals surface area contributed by atoms with Crippen LogP contribution < -0.4 is 10.1 Å². The van der Waals surface area contributed by atoms with Crippen LogP contribution in [-0.2, 0) is 13.1 Å². The van der Waals surface area contributed by atoms with Gasteiger partial charge in [0.1, 0.15) is 11.6 Å². The molecule has 0 saturated heterocycles. The molecule has 0 radical (unpaired) electrons. The van der Waals surface area contributed by atoms with Crippen LogP contribution in [0.3, 0.4) is 0 Å². The lowest BCUT2D eigenvalue weighted by molar-refractivity contribution is 0.0949. The van der Waals surface area contributed by atoms with E-state index >= 15 is 0 Å². The molecule has 0 atom stereocenters. The number of carbonyl (C=O) groups excluding carboxylic acids is 1. The van der Waals surface area contributed by atoms with Gasteiger partial charge in [-0.2, -0.15) is 0 Å². The molecule has 34 heavy (non-hydrogen) atoms. The fourth-order valence-corrected chi connectivity index (χ4v) is 4.22. The molecule has 0 aliphatic heterocycles. The SMILES string of the molecule is Cc1ccc(C(=O)NCc2nc3ccccc3n2CCCCOc2ccc(Cl)c(C)c2)c(C)c1. The number of nitrogens with one attached hydrogen (secondary N) is 1. The monoisotopic (exact) mass is 475 g/mol. The third kappa shape index (κ3) is 5.60. The molecule has 1 amide bonds. The average molecular weight is 476 g/mol. The third-order valence-corrected chi connectivity index (χ3v) is 6.37. The van der Waals surface area contributed by atoms with Crippen molar-refractivity contribution < 1.29 is 9.53 Å². The van der Waals surface area contributed by atoms with Crippen molar-refractivity contribution in [2.45, 2.75) is 46.7 Å². The molecular weight excluding hydrogens is 446 g/mol. The summed E-state index contributed by atoms with van der Waals surface area (Å²) in [6.07, 6.45) is 1.84. The Hall–Kier alpha value is -3.31. The Labute approximate surface area is 205 Å². The number of nitrogens with zero attached hydrogens (tertiary/aromatic N) is 2. The van der Waals surface area contributed by atoms with Gasteiger partial charge in [0.25, 0.3) is 5.91 Å². The molecule has 0 bridgehead atoms. The molecular formula is C28H30ClN3O2. The summed E-state index contributed by atoms with van der Waals surface area (Å²) in [5.74, 6) is 1.61.